The summed E-state index contributed by atoms with van der Waals surface area (Å²) in [6.45, 7) is 0. The highest BCUT2D eigenvalue weighted by atomic mass is 16.4. The summed E-state index contributed by atoms with van der Waals surface area (Å²) in [5, 5.41) is 12.3. The second-order valence-corrected chi connectivity index (χ2v) is 3.65. The lowest BCUT2D eigenvalue weighted by Gasteiger charge is -2.07. The van der Waals surface area contributed by atoms with Crippen molar-refractivity contribution in [3.63, 3.8) is 0 Å². The van der Waals surface area contributed by atoms with Gasteiger partial charge in [0.05, 0.1) is 5.52 Å². The molecular weight excluding hydrogens is 220 g/mol. The van der Waals surface area contributed by atoms with Crippen molar-refractivity contribution in [2.75, 3.05) is 0 Å². The highest BCUT2D eigenvalue weighted by molar-refractivity contribution is 5.83. The third-order valence-electron chi connectivity index (χ3n) is 2.56. The van der Waals surface area contributed by atoms with Crippen LogP contribution in [0.2, 0.25) is 0 Å². The number of pyridine rings is 1. The molecule has 2 rings (SSSR count). The highest BCUT2D eigenvalue weighted by Gasteiger charge is 2.19. The van der Waals surface area contributed by atoms with Gasteiger partial charge in [-0.05, 0) is 17.7 Å². The van der Waals surface area contributed by atoms with Gasteiger partial charge in [0, 0.05) is 18.0 Å². The van der Waals surface area contributed by atoms with E-state index < -0.39 is 12.0 Å². The molecule has 0 saturated carbocycles. The summed E-state index contributed by atoms with van der Waals surface area (Å²) in [5.74, 6) is -1.21. The average molecular weight is 230 g/mol. The van der Waals surface area contributed by atoms with Crippen LogP contribution in [0.15, 0.2) is 41.7 Å². The molecular formula is C12H10N2O3. The molecule has 86 valence electrons. The van der Waals surface area contributed by atoms with Gasteiger partial charge in [0.15, 0.2) is 6.04 Å². The molecule has 1 aromatic heterocycles. The number of hydrogen-bond donors (Lipinski definition) is 1. The predicted molar refractivity (Wildman–Crippen MR) is 62.7 cm³/mol. The predicted octanol–water partition coefficient (Wildman–Crippen LogP) is 2.00. The first kappa shape index (κ1) is 11.2. The van der Waals surface area contributed by atoms with E-state index in [2.05, 4.69) is 10.2 Å². The van der Waals surface area contributed by atoms with Crippen molar-refractivity contribution >= 4 is 16.9 Å². The van der Waals surface area contributed by atoms with Crippen molar-refractivity contribution < 1.29 is 9.90 Å². The maximum Gasteiger partial charge on any atom is 0.332 e. The summed E-state index contributed by atoms with van der Waals surface area (Å²) in [7, 11) is 0. The normalized spacial score (nSPS) is 12.2. The number of carboxylic acid groups (broad SMARTS) is 1. The molecule has 1 unspecified atom stereocenters. The number of fused-ring (bicyclic) bond motifs is 1. The van der Waals surface area contributed by atoms with Gasteiger partial charge in [0.1, 0.15) is 0 Å². The number of carbonyl (C=O) groups is 1. The lowest BCUT2D eigenvalue weighted by atomic mass is 10.0. The number of nitrogens with zero attached hydrogens (tertiary/aromatic N) is 2. The molecule has 1 atom stereocenters. The molecule has 0 spiro atoms. The molecule has 1 heterocycles. The average Bonchev–Trinajstić information content (AvgIpc) is 2.35. The van der Waals surface area contributed by atoms with Crippen molar-refractivity contribution in [1.29, 1.82) is 0 Å². The number of benzene rings is 1. The first-order valence-corrected chi connectivity index (χ1v) is 5.10. The quantitative estimate of drug-likeness (QED) is 0.814. The zero-order chi connectivity index (χ0) is 12.3. The fraction of sp³-hybridized carbons (Fsp3) is 0.167. The maximum absolute atomic E-state index is 10.8. The van der Waals surface area contributed by atoms with E-state index in [1.807, 2.05) is 24.3 Å². The molecule has 0 radical (unpaired) electrons. The summed E-state index contributed by atoms with van der Waals surface area (Å²) < 4.78 is 0. The van der Waals surface area contributed by atoms with E-state index in [-0.39, 0.29) is 6.42 Å². The van der Waals surface area contributed by atoms with Crippen molar-refractivity contribution in [2.24, 2.45) is 5.18 Å². The molecule has 1 N–H and O–H groups in total. The minimum absolute atomic E-state index is 0.0852. The highest BCUT2D eigenvalue weighted by Crippen LogP contribution is 2.18. The van der Waals surface area contributed by atoms with Crippen LogP contribution in [-0.2, 0) is 11.2 Å². The van der Waals surface area contributed by atoms with Gasteiger partial charge in [-0.3, -0.25) is 4.98 Å². The SMILES string of the molecule is O=NC(Cc1ccnc2ccccc12)C(=O)O. The van der Waals surface area contributed by atoms with E-state index >= 15 is 0 Å². The Bertz CT molecular complexity index is 563. The van der Waals surface area contributed by atoms with E-state index in [1.54, 1.807) is 12.3 Å². The van der Waals surface area contributed by atoms with Gasteiger partial charge < -0.3 is 5.11 Å². The number of hydrogen-bond acceptors (Lipinski definition) is 4. The Morgan fingerprint density at radius 3 is 2.82 bits per heavy atom. The molecule has 0 aliphatic carbocycles. The summed E-state index contributed by atoms with van der Waals surface area (Å²) in [6, 6.07) is 7.85. The Morgan fingerprint density at radius 1 is 1.35 bits per heavy atom. The van der Waals surface area contributed by atoms with E-state index in [9.17, 15) is 9.70 Å². The van der Waals surface area contributed by atoms with Gasteiger partial charge in [-0.25, -0.2) is 4.79 Å². The number of para-hydroxylation sites is 1. The van der Waals surface area contributed by atoms with Crippen molar-refractivity contribution in [3.05, 3.63) is 47.0 Å². The van der Waals surface area contributed by atoms with Gasteiger partial charge in [0.2, 0.25) is 0 Å². The zero-order valence-corrected chi connectivity index (χ0v) is 8.91. The van der Waals surface area contributed by atoms with Crippen LogP contribution in [0.5, 0.6) is 0 Å². The molecule has 2 aromatic rings. The summed E-state index contributed by atoms with van der Waals surface area (Å²) >= 11 is 0. The summed E-state index contributed by atoms with van der Waals surface area (Å²) in [6.07, 6.45) is 1.68. The molecule has 1 aromatic carbocycles. The number of rotatable bonds is 4. The van der Waals surface area contributed by atoms with Gasteiger partial charge in [0.25, 0.3) is 0 Å². The smallest absolute Gasteiger partial charge is 0.332 e. The molecule has 0 fully saturated rings. The second-order valence-electron chi connectivity index (χ2n) is 3.65. The second kappa shape index (κ2) is 4.69. The monoisotopic (exact) mass is 230 g/mol. The Balaban J connectivity index is 2.42. The van der Waals surface area contributed by atoms with Gasteiger partial charge in [-0.1, -0.05) is 23.4 Å². The van der Waals surface area contributed by atoms with Crippen molar-refractivity contribution in [1.82, 2.24) is 4.98 Å². The lowest BCUT2D eigenvalue weighted by molar-refractivity contribution is -0.138. The molecule has 5 nitrogen and oxygen atoms in total. The first-order chi connectivity index (χ1) is 8.22. The van der Waals surface area contributed by atoms with Crippen LogP contribution in [0.4, 0.5) is 0 Å². The number of carboxylic acids is 1. The van der Waals surface area contributed by atoms with Gasteiger partial charge in [-0.2, -0.15) is 0 Å². The van der Waals surface area contributed by atoms with Gasteiger partial charge in [-0.15, -0.1) is 4.91 Å². The molecule has 0 amide bonds. The molecule has 0 aliphatic rings. The minimum atomic E-state index is -1.25. The number of aliphatic carboxylic acids is 1. The van der Waals surface area contributed by atoms with Crippen molar-refractivity contribution in [3.8, 4) is 0 Å². The van der Waals surface area contributed by atoms with Crippen LogP contribution in [0.3, 0.4) is 0 Å². The molecule has 0 saturated heterocycles. The Morgan fingerprint density at radius 2 is 2.12 bits per heavy atom. The van der Waals surface area contributed by atoms with E-state index in [4.69, 9.17) is 5.11 Å². The third kappa shape index (κ3) is 2.28. The largest absolute Gasteiger partial charge is 0.480 e. The first-order valence-electron chi connectivity index (χ1n) is 5.10. The summed E-state index contributed by atoms with van der Waals surface area (Å²) in [5.41, 5.74) is 1.54. The molecule has 0 aliphatic heterocycles. The summed E-state index contributed by atoms with van der Waals surface area (Å²) in [4.78, 5) is 25.4. The van der Waals surface area contributed by atoms with Crippen LogP contribution < -0.4 is 0 Å². The van der Waals surface area contributed by atoms with E-state index in [0.717, 1.165) is 16.5 Å². The lowest BCUT2D eigenvalue weighted by Crippen LogP contribution is -2.20. The molecule has 5 heteroatoms. The Kier molecular flexibility index (Phi) is 3.09. The third-order valence-corrected chi connectivity index (χ3v) is 2.56. The topological polar surface area (TPSA) is 79.6 Å². The van der Waals surface area contributed by atoms with Crippen LogP contribution in [0, 0.1) is 4.91 Å². The number of aromatic nitrogens is 1. The standard InChI is InChI=1S/C12H10N2O3/c15-12(16)11(14-17)7-8-5-6-13-10-4-2-1-3-9(8)10/h1-6,11H,7H2,(H,15,16). The fourth-order valence-corrected chi connectivity index (χ4v) is 1.71. The van der Waals surface area contributed by atoms with Crippen molar-refractivity contribution in [2.45, 2.75) is 12.5 Å². The van der Waals surface area contributed by atoms with Gasteiger partial charge >= 0.3 is 5.97 Å². The van der Waals surface area contributed by atoms with Crippen LogP contribution in [-0.4, -0.2) is 22.1 Å². The maximum atomic E-state index is 10.8. The van der Waals surface area contributed by atoms with Crippen LogP contribution >= 0.6 is 0 Å². The van der Waals surface area contributed by atoms with Crippen LogP contribution in [0.1, 0.15) is 5.56 Å². The Labute approximate surface area is 97.1 Å². The van der Waals surface area contributed by atoms with E-state index in [0.29, 0.717) is 0 Å². The molecule has 0 bridgehead atoms. The fourth-order valence-electron chi connectivity index (χ4n) is 1.71. The minimum Gasteiger partial charge on any atom is -0.480 e. The number of nitroso groups, excluding NO2 is 1. The van der Waals surface area contributed by atoms with Crippen LogP contribution in [0.25, 0.3) is 10.9 Å². The molecule has 17 heavy (non-hydrogen) atoms. The zero-order valence-electron chi connectivity index (χ0n) is 8.91. The Hall–Kier alpha value is -2.30. The van der Waals surface area contributed by atoms with E-state index in [1.165, 1.54) is 0 Å².